The van der Waals surface area contributed by atoms with Crippen molar-refractivity contribution in [1.82, 2.24) is 10.2 Å². The van der Waals surface area contributed by atoms with Crippen LogP contribution in [0.1, 0.15) is 66.0 Å². The van der Waals surface area contributed by atoms with E-state index in [9.17, 15) is 14.4 Å². The first kappa shape index (κ1) is 20.9. The number of imide groups is 1. The standard InChI is InChI=1S/C21H30N2O4/c1-8-13(2)27-17(24)14(3)23-18(25)21(7,22-19(23)26)16-11-9-15(10-12-16)20(4,5)6/h9-14H,8H2,1-7H3,(H,22,26). The largest absolute Gasteiger partial charge is 0.461 e. The highest BCUT2D eigenvalue weighted by atomic mass is 16.5. The molecule has 1 saturated heterocycles. The molecule has 0 bridgehead atoms. The van der Waals surface area contributed by atoms with E-state index < -0.39 is 29.5 Å². The number of amides is 3. The molecular weight excluding hydrogens is 344 g/mol. The molecule has 3 unspecified atom stereocenters. The van der Waals surface area contributed by atoms with E-state index in [1.807, 2.05) is 31.2 Å². The number of hydrogen-bond donors (Lipinski definition) is 1. The van der Waals surface area contributed by atoms with Gasteiger partial charge in [-0.3, -0.25) is 4.79 Å². The first-order chi connectivity index (χ1) is 12.4. The van der Waals surface area contributed by atoms with E-state index in [1.165, 1.54) is 6.92 Å². The SMILES string of the molecule is CCC(C)OC(=O)C(C)N1C(=O)NC(C)(c2ccc(C(C)(C)C)cc2)C1=O. The second-order valence-electron chi connectivity index (χ2n) is 8.39. The summed E-state index contributed by atoms with van der Waals surface area (Å²) in [5.41, 5.74) is 0.592. The summed E-state index contributed by atoms with van der Waals surface area (Å²) < 4.78 is 5.28. The van der Waals surface area contributed by atoms with Gasteiger partial charge in [0.2, 0.25) is 0 Å². The van der Waals surface area contributed by atoms with Gasteiger partial charge in [-0.1, -0.05) is 52.0 Å². The normalized spacial score (nSPS) is 22.4. The Balaban J connectivity index is 2.27. The molecule has 1 aliphatic rings. The van der Waals surface area contributed by atoms with Crippen LogP contribution in [-0.4, -0.2) is 35.0 Å². The maximum atomic E-state index is 13.1. The van der Waals surface area contributed by atoms with Crippen LogP contribution in [-0.2, 0) is 25.3 Å². The quantitative estimate of drug-likeness (QED) is 0.632. The van der Waals surface area contributed by atoms with Gasteiger partial charge < -0.3 is 10.1 Å². The van der Waals surface area contributed by atoms with Gasteiger partial charge in [0.25, 0.3) is 5.91 Å². The molecule has 1 fully saturated rings. The minimum absolute atomic E-state index is 0.0113. The molecule has 6 heteroatoms. The van der Waals surface area contributed by atoms with Crippen LogP contribution in [0.4, 0.5) is 4.79 Å². The smallest absolute Gasteiger partial charge is 0.329 e. The lowest BCUT2D eigenvalue weighted by Gasteiger charge is -2.26. The zero-order chi connectivity index (χ0) is 20.6. The molecule has 1 aromatic rings. The third-order valence-electron chi connectivity index (χ3n) is 5.17. The van der Waals surface area contributed by atoms with Gasteiger partial charge in [0.1, 0.15) is 11.6 Å². The molecule has 0 spiro atoms. The number of ether oxygens (including phenoxy) is 1. The van der Waals surface area contributed by atoms with Crippen molar-refractivity contribution in [2.24, 2.45) is 0 Å². The molecule has 0 aromatic heterocycles. The van der Waals surface area contributed by atoms with Gasteiger partial charge in [0.15, 0.2) is 0 Å². The van der Waals surface area contributed by atoms with Gasteiger partial charge in [0, 0.05) is 0 Å². The van der Waals surface area contributed by atoms with Crippen molar-refractivity contribution in [2.75, 3.05) is 0 Å². The first-order valence-corrected chi connectivity index (χ1v) is 9.39. The fraction of sp³-hybridized carbons (Fsp3) is 0.571. The van der Waals surface area contributed by atoms with Crippen molar-refractivity contribution in [3.8, 4) is 0 Å². The van der Waals surface area contributed by atoms with Gasteiger partial charge in [0.05, 0.1) is 6.10 Å². The lowest BCUT2D eigenvalue weighted by atomic mass is 9.84. The number of urea groups is 1. The number of nitrogens with zero attached hydrogens (tertiary/aromatic N) is 1. The summed E-state index contributed by atoms with van der Waals surface area (Å²) >= 11 is 0. The van der Waals surface area contributed by atoms with Crippen molar-refractivity contribution in [2.45, 2.75) is 78.0 Å². The predicted molar refractivity (Wildman–Crippen MR) is 103 cm³/mol. The minimum atomic E-state index is -1.21. The minimum Gasteiger partial charge on any atom is -0.461 e. The van der Waals surface area contributed by atoms with Gasteiger partial charge in [-0.25, -0.2) is 14.5 Å². The topological polar surface area (TPSA) is 75.7 Å². The van der Waals surface area contributed by atoms with E-state index in [0.29, 0.717) is 12.0 Å². The van der Waals surface area contributed by atoms with E-state index in [4.69, 9.17) is 4.74 Å². The molecular formula is C21H30N2O4. The van der Waals surface area contributed by atoms with Crippen molar-refractivity contribution in [1.29, 1.82) is 0 Å². The second-order valence-corrected chi connectivity index (χ2v) is 8.39. The Labute approximate surface area is 161 Å². The highest BCUT2D eigenvalue weighted by Crippen LogP contribution is 2.32. The third kappa shape index (κ3) is 3.99. The summed E-state index contributed by atoms with van der Waals surface area (Å²) in [6.07, 6.45) is 0.397. The summed E-state index contributed by atoms with van der Waals surface area (Å²) in [5.74, 6) is -1.04. The average molecular weight is 374 g/mol. The Morgan fingerprint density at radius 3 is 2.22 bits per heavy atom. The Bertz CT molecular complexity index is 736. The van der Waals surface area contributed by atoms with Crippen molar-refractivity contribution < 1.29 is 19.1 Å². The van der Waals surface area contributed by atoms with E-state index in [2.05, 4.69) is 26.1 Å². The van der Waals surface area contributed by atoms with E-state index in [1.54, 1.807) is 13.8 Å². The van der Waals surface area contributed by atoms with Crippen LogP contribution >= 0.6 is 0 Å². The monoisotopic (exact) mass is 374 g/mol. The van der Waals surface area contributed by atoms with Crippen LogP contribution in [0.2, 0.25) is 0 Å². The number of benzene rings is 1. The molecule has 1 aliphatic heterocycles. The zero-order valence-corrected chi connectivity index (χ0v) is 17.3. The van der Waals surface area contributed by atoms with Crippen LogP contribution in [0.3, 0.4) is 0 Å². The number of rotatable bonds is 5. The maximum Gasteiger partial charge on any atom is 0.329 e. The zero-order valence-electron chi connectivity index (χ0n) is 17.3. The van der Waals surface area contributed by atoms with E-state index in [-0.39, 0.29) is 11.5 Å². The lowest BCUT2D eigenvalue weighted by molar-refractivity contribution is -0.156. The fourth-order valence-corrected chi connectivity index (χ4v) is 3.00. The molecule has 2 rings (SSSR count). The van der Waals surface area contributed by atoms with Gasteiger partial charge >= 0.3 is 12.0 Å². The number of hydrogen-bond acceptors (Lipinski definition) is 4. The Morgan fingerprint density at radius 2 is 1.74 bits per heavy atom. The highest BCUT2D eigenvalue weighted by Gasteiger charge is 2.52. The molecule has 0 saturated carbocycles. The number of esters is 1. The Hall–Kier alpha value is -2.37. The number of carbonyl (C=O) groups excluding carboxylic acids is 3. The summed E-state index contributed by atoms with van der Waals surface area (Å²) in [6, 6.07) is 6.06. The predicted octanol–water partition coefficient (Wildman–Crippen LogP) is 3.48. The van der Waals surface area contributed by atoms with Crippen LogP contribution < -0.4 is 5.32 Å². The summed E-state index contributed by atoms with van der Waals surface area (Å²) in [5, 5.41) is 2.74. The average Bonchev–Trinajstić information content (AvgIpc) is 2.83. The van der Waals surface area contributed by atoms with Crippen molar-refractivity contribution in [3.63, 3.8) is 0 Å². The van der Waals surface area contributed by atoms with Crippen molar-refractivity contribution >= 4 is 17.9 Å². The van der Waals surface area contributed by atoms with Gasteiger partial charge in [-0.2, -0.15) is 0 Å². The molecule has 1 aromatic carbocycles. The van der Waals surface area contributed by atoms with Crippen LogP contribution in [0, 0.1) is 0 Å². The number of nitrogens with one attached hydrogen (secondary N) is 1. The molecule has 0 radical (unpaired) electrons. The van der Waals surface area contributed by atoms with Crippen LogP contribution in [0.15, 0.2) is 24.3 Å². The van der Waals surface area contributed by atoms with Crippen LogP contribution in [0.5, 0.6) is 0 Å². The van der Waals surface area contributed by atoms with E-state index in [0.717, 1.165) is 10.5 Å². The summed E-state index contributed by atoms with van der Waals surface area (Å²) in [7, 11) is 0. The van der Waals surface area contributed by atoms with E-state index >= 15 is 0 Å². The molecule has 27 heavy (non-hydrogen) atoms. The lowest BCUT2D eigenvalue weighted by Crippen LogP contribution is -2.46. The highest BCUT2D eigenvalue weighted by molar-refractivity contribution is 6.09. The first-order valence-electron chi connectivity index (χ1n) is 9.39. The molecule has 6 nitrogen and oxygen atoms in total. The summed E-state index contributed by atoms with van der Waals surface area (Å²) in [6.45, 7) is 13.2. The van der Waals surface area contributed by atoms with Crippen molar-refractivity contribution in [3.05, 3.63) is 35.4 Å². The van der Waals surface area contributed by atoms with Gasteiger partial charge in [-0.15, -0.1) is 0 Å². The number of carbonyl (C=O) groups is 3. The molecule has 1 N–H and O–H groups in total. The molecule has 1 heterocycles. The molecule has 148 valence electrons. The molecule has 3 amide bonds. The molecule has 3 atom stereocenters. The van der Waals surface area contributed by atoms with Gasteiger partial charge in [-0.05, 0) is 43.7 Å². The summed E-state index contributed by atoms with van der Waals surface area (Å²) in [4.78, 5) is 38.8. The fourth-order valence-electron chi connectivity index (χ4n) is 3.00. The second kappa shape index (κ2) is 7.33. The maximum absolute atomic E-state index is 13.1. The Kier molecular flexibility index (Phi) is 5.68. The third-order valence-corrected chi connectivity index (χ3v) is 5.17. The van der Waals surface area contributed by atoms with Crippen LogP contribution in [0.25, 0.3) is 0 Å². The Morgan fingerprint density at radius 1 is 1.19 bits per heavy atom. The molecule has 0 aliphatic carbocycles.